The summed E-state index contributed by atoms with van der Waals surface area (Å²) in [5.41, 5.74) is 10.3. The van der Waals surface area contributed by atoms with Crippen LogP contribution in [0.2, 0.25) is 0 Å². The van der Waals surface area contributed by atoms with E-state index < -0.39 is 5.41 Å². The highest BCUT2D eigenvalue weighted by Crippen LogP contribution is 2.33. The van der Waals surface area contributed by atoms with E-state index in [9.17, 15) is 4.79 Å². The van der Waals surface area contributed by atoms with E-state index in [0.29, 0.717) is 18.9 Å². The maximum atomic E-state index is 12.9. The molecule has 0 radical (unpaired) electrons. The van der Waals surface area contributed by atoms with Crippen molar-refractivity contribution in [1.82, 2.24) is 10.4 Å². The summed E-state index contributed by atoms with van der Waals surface area (Å²) in [5.74, 6) is 2.90. The number of nitrogens with zero attached hydrogens (tertiary/aromatic N) is 1. The summed E-state index contributed by atoms with van der Waals surface area (Å²) in [6, 6.07) is 8.23. The topological polar surface area (TPSA) is 58.4 Å². The van der Waals surface area contributed by atoms with Crippen molar-refractivity contribution in [2.75, 3.05) is 19.3 Å². The van der Waals surface area contributed by atoms with E-state index in [4.69, 9.17) is 12.2 Å². The van der Waals surface area contributed by atoms with E-state index in [0.717, 1.165) is 11.3 Å². The monoisotopic (exact) mass is 343 g/mol. The number of terminal acetylenes is 1. The van der Waals surface area contributed by atoms with Gasteiger partial charge in [-0.15, -0.1) is 24.1 Å². The molecule has 1 aromatic carbocycles. The normalized spacial score (nSPS) is 20.6. The van der Waals surface area contributed by atoms with Gasteiger partial charge in [-0.05, 0) is 35.9 Å². The Morgan fingerprint density at radius 2 is 2.04 bits per heavy atom. The third-order valence-corrected chi connectivity index (χ3v) is 4.82. The van der Waals surface area contributed by atoms with Gasteiger partial charge in [-0.3, -0.25) is 15.2 Å². The second-order valence-electron chi connectivity index (χ2n) is 6.45. The number of hydrogen-bond donors (Lipinski definition) is 2. The summed E-state index contributed by atoms with van der Waals surface area (Å²) >= 11 is 1.70. The number of benzene rings is 1. The van der Waals surface area contributed by atoms with Crippen molar-refractivity contribution in [3.8, 4) is 12.3 Å². The third-order valence-electron chi connectivity index (χ3n) is 4.08. The summed E-state index contributed by atoms with van der Waals surface area (Å²) in [5, 5.41) is 1.66. The van der Waals surface area contributed by atoms with E-state index in [-0.39, 0.29) is 12.5 Å². The number of thioether (sulfide) groups is 1. The van der Waals surface area contributed by atoms with Crippen LogP contribution >= 0.6 is 11.8 Å². The van der Waals surface area contributed by atoms with Crippen LogP contribution in [0.5, 0.6) is 0 Å². The number of nitrogens with two attached hydrogens (primary N) is 1. The number of rotatable bonds is 6. The summed E-state index contributed by atoms with van der Waals surface area (Å²) in [7, 11) is 0. The van der Waals surface area contributed by atoms with Gasteiger partial charge in [0.05, 0.1) is 11.1 Å². The number of carbonyl (C=O) groups is 1. The SMILES string of the molecule is C#CCC1(CN)C=C(c2ccc(SC)cc2)NN(CC(C)C)C1=O. The molecule has 1 heterocycles. The molecule has 0 saturated carbocycles. The Labute approximate surface area is 148 Å². The number of hydrogen-bond acceptors (Lipinski definition) is 4. The summed E-state index contributed by atoms with van der Waals surface area (Å²) in [6.45, 7) is 4.95. The van der Waals surface area contributed by atoms with Crippen LogP contribution in [0, 0.1) is 23.7 Å². The second-order valence-corrected chi connectivity index (χ2v) is 7.33. The zero-order valence-electron chi connectivity index (χ0n) is 14.5. The highest BCUT2D eigenvalue weighted by molar-refractivity contribution is 7.98. The third kappa shape index (κ3) is 3.77. The van der Waals surface area contributed by atoms with Gasteiger partial charge in [0.2, 0.25) is 0 Å². The van der Waals surface area contributed by atoms with Crippen molar-refractivity contribution in [3.63, 3.8) is 0 Å². The van der Waals surface area contributed by atoms with Gasteiger partial charge in [-0.1, -0.05) is 26.0 Å². The fourth-order valence-electron chi connectivity index (χ4n) is 2.77. The van der Waals surface area contributed by atoms with Gasteiger partial charge in [0.15, 0.2) is 0 Å². The molecule has 0 bridgehead atoms. The van der Waals surface area contributed by atoms with Gasteiger partial charge in [0.25, 0.3) is 5.91 Å². The Hall–Kier alpha value is -1.90. The first-order valence-electron chi connectivity index (χ1n) is 8.05. The zero-order chi connectivity index (χ0) is 17.7. The molecule has 1 unspecified atom stereocenters. The van der Waals surface area contributed by atoms with Crippen molar-refractivity contribution in [3.05, 3.63) is 35.9 Å². The van der Waals surface area contributed by atoms with E-state index >= 15 is 0 Å². The minimum atomic E-state index is -0.845. The Bertz CT molecular complexity index is 660. The van der Waals surface area contributed by atoms with Gasteiger partial charge in [0.1, 0.15) is 0 Å². The van der Waals surface area contributed by atoms with Crippen LogP contribution in [0.15, 0.2) is 35.2 Å². The smallest absolute Gasteiger partial charge is 0.253 e. The van der Waals surface area contributed by atoms with Crippen molar-refractivity contribution in [2.45, 2.75) is 25.2 Å². The molecular formula is C19H25N3OS. The quantitative estimate of drug-likeness (QED) is 0.616. The van der Waals surface area contributed by atoms with E-state index in [1.165, 1.54) is 4.90 Å². The first kappa shape index (κ1) is 18.4. The molecule has 1 aromatic rings. The van der Waals surface area contributed by atoms with Gasteiger partial charge >= 0.3 is 0 Å². The fraction of sp³-hybridized carbons (Fsp3) is 0.421. The summed E-state index contributed by atoms with van der Waals surface area (Å²) in [6.07, 6.45) is 9.77. The molecule has 2 rings (SSSR count). The predicted octanol–water partition coefficient (Wildman–Crippen LogP) is 2.72. The highest BCUT2D eigenvalue weighted by Gasteiger charge is 2.42. The molecule has 1 aliphatic rings. The molecular weight excluding hydrogens is 318 g/mol. The molecule has 0 fully saturated rings. The van der Waals surface area contributed by atoms with Gasteiger partial charge < -0.3 is 5.73 Å². The van der Waals surface area contributed by atoms with Crippen LogP contribution in [0.25, 0.3) is 5.70 Å². The van der Waals surface area contributed by atoms with E-state index in [1.807, 2.05) is 24.5 Å². The lowest BCUT2D eigenvalue weighted by Crippen LogP contribution is -2.56. The number of nitrogens with one attached hydrogen (secondary N) is 1. The molecule has 128 valence electrons. The van der Waals surface area contributed by atoms with Crippen LogP contribution in [0.4, 0.5) is 0 Å². The number of amides is 1. The minimum absolute atomic E-state index is 0.0545. The van der Waals surface area contributed by atoms with Crippen molar-refractivity contribution < 1.29 is 4.79 Å². The van der Waals surface area contributed by atoms with Crippen molar-refractivity contribution in [1.29, 1.82) is 0 Å². The predicted molar refractivity (Wildman–Crippen MR) is 101 cm³/mol. The number of carbonyl (C=O) groups excluding carboxylic acids is 1. The van der Waals surface area contributed by atoms with Gasteiger partial charge in [0, 0.05) is 24.4 Å². The second kappa shape index (κ2) is 7.78. The number of hydrazine groups is 1. The van der Waals surface area contributed by atoms with Crippen LogP contribution in [-0.4, -0.2) is 30.3 Å². The lowest BCUT2D eigenvalue weighted by Gasteiger charge is -2.40. The molecule has 1 amide bonds. The van der Waals surface area contributed by atoms with Crippen molar-refractivity contribution >= 4 is 23.4 Å². The fourth-order valence-corrected chi connectivity index (χ4v) is 3.18. The van der Waals surface area contributed by atoms with Crippen molar-refractivity contribution in [2.24, 2.45) is 17.1 Å². The first-order valence-corrected chi connectivity index (χ1v) is 9.27. The molecule has 3 N–H and O–H groups in total. The van der Waals surface area contributed by atoms with Crippen LogP contribution in [0.3, 0.4) is 0 Å². The van der Waals surface area contributed by atoms with E-state index in [1.54, 1.807) is 16.8 Å². The van der Waals surface area contributed by atoms with Crippen LogP contribution in [0.1, 0.15) is 25.8 Å². The molecule has 0 spiro atoms. The molecule has 1 aliphatic heterocycles. The largest absolute Gasteiger partial charge is 0.329 e. The van der Waals surface area contributed by atoms with E-state index in [2.05, 4.69) is 37.3 Å². The first-order chi connectivity index (χ1) is 11.5. The van der Waals surface area contributed by atoms with Crippen LogP contribution in [-0.2, 0) is 4.79 Å². The minimum Gasteiger partial charge on any atom is -0.329 e. The molecule has 1 atom stereocenters. The average molecular weight is 343 g/mol. The Morgan fingerprint density at radius 3 is 2.54 bits per heavy atom. The molecule has 0 saturated heterocycles. The maximum Gasteiger partial charge on any atom is 0.253 e. The Kier molecular flexibility index (Phi) is 5.98. The van der Waals surface area contributed by atoms with Gasteiger partial charge in [-0.2, -0.15) is 0 Å². The average Bonchev–Trinajstić information content (AvgIpc) is 2.58. The standard InChI is InChI=1S/C19H25N3OS/c1-5-10-19(13-20)11-17(15-6-8-16(24-4)9-7-15)21-22(18(19)23)12-14(2)3/h1,6-9,11,14,21H,10,12-13,20H2,2-4H3. The lowest BCUT2D eigenvalue weighted by atomic mass is 9.80. The summed E-state index contributed by atoms with van der Waals surface area (Å²) < 4.78 is 0. The van der Waals surface area contributed by atoms with Crippen LogP contribution < -0.4 is 11.2 Å². The summed E-state index contributed by atoms with van der Waals surface area (Å²) in [4.78, 5) is 14.1. The molecule has 24 heavy (non-hydrogen) atoms. The maximum absolute atomic E-state index is 12.9. The molecule has 0 aliphatic carbocycles. The Morgan fingerprint density at radius 1 is 1.38 bits per heavy atom. The molecule has 0 aromatic heterocycles. The zero-order valence-corrected chi connectivity index (χ0v) is 15.3. The Balaban J connectivity index is 2.45. The highest BCUT2D eigenvalue weighted by atomic mass is 32.2. The molecule has 5 heteroatoms. The lowest BCUT2D eigenvalue weighted by molar-refractivity contribution is -0.142. The molecule has 4 nitrogen and oxygen atoms in total. The van der Waals surface area contributed by atoms with Gasteiger partial charge in [-0.25, -0.2) is 0 Å².